The zero-order valence-corrected chi connectivity index (χ0v) is 18.7. The number of imide groups is 1. The Morgan fingerprint density at radius 2 is 1.91 bits per heavy atom. The summed E-state index contributed by atoms with van der Waals surface area (Å²) in [6.45, 7) is 1.83. The second-order valence-corrected chi connectivity index (χ2v) is 9.75. The molecule has 4 aromatic rings. The summed E-state index contributed by atoms with van der Waals surface area (Å²) in [4.78, 5) is 29.2. The molecule has 7 nitrogen and oxygen atoms in total. The minimum Gasteiger partial charge on any atom is -0.395 e. The van der Waals surface area contributed by atoms with E-state index in [1.54, 1.807) is 11.3 Å². The van der Waals surface area contributed by atoms with Crippen molar-refractivity contribution in [2.45, 2.75) is 25.4 Å². The molecule has 2 unspecified atom stereocenters. The quantitative estimate of drug-likeness (QED) is 0.344. The first-order valence-electron chi connectivity index (χ1n) is 11.2. The summed E-state index contributed by atoms with van der Waals surface area (Å²) >= 11 is 1.55. The van der Waals surface area contributed by atoms with Gasteiger partial charge in [-0.25, -0.2) is 0 Å². The summed E-state index contributed by atoms with van der Waals surface area (Å²) in [6.07, 6.45) is 5.78. The van der Waals surface area contributed by atoms with Gasteiger partial charge in [-0.05, 0) is 42.8 Å². The van der Waals surface area contributed by atoms with E-state index >= 15 is 0 Å². The van der Waals surface area contributed by atoms with Gasteiger partial charge in [0.15, 0.2) is 0 Å². The van der Waals surface area contributed by atoms with Gasteiger partial charge < -0.3 is 20.0 Å². The number of aromatic nitrogens is 2. The molecule has 2 aliphatic rings. The number of nitrogens with one attached hydrogen (secondary N) is 3. The summed E-state index contributed by atoms with van der Waals surface area (Å²) in [5.41, 5.74) is 4.41. The topological polar surface area (TPSA) is 99.2 Å². The number of piperidine rings is 1. The molecule has 2 atom stereocenters. The minimum atomic E-state index is -0.356. The van der Waals surface area contributed by atoms with Crippen LogP contribution in [0.5, 0.6) is 0 Å². The number of aliphatic hydroxyl groups is 1. The lowest BCUT2D eigenvalue weighted by molar-refractivity contribution is -0.122. The van der Waals surface area contributed by atoms with Crippen molar-refractivity contribution in [2.24, 2.45) is 5.92 Å². The van der Waals surface area contributed by atoms with Crippen molar-refractivity contribution < 1.29 is 14.7 Å². The second kappa shape index (κ2) is 7.98. The Bertz CT molecular complexity index is 1430. The molecule has 2 amide bonds. The number of H-pyrrole nitrogens is 1. The zero-order chi connectivity index (χ0) is 22.5. The molecule has 168 valence electrons. The Hall–Kier alpha value is -3.20. The SMILES string of the molecule is O=C1NC(=O)C(c2c[nH]c3ccsc23)=C1c1cn(CC2CCNC(CO)C2)c2ccccc12. The molecule has 5 heterocycles. The maximum atomic E-state index is 13.0. The Morgan fingerprint density at radius 1 is 1.09 bits per heavy atom. The molecule has 8 heteroatoms. The van der Waals surface area contributed by atoms with Crippen LogP contribution >= 0.6 is 11.3 Å². The van der Waals surface area contributed by atoms with Crippen LogP contribution < -0.4 is 10.6 Å². The van der Waals surface area contributed by atoms with Crippen molar-refractivity contribution in [3.63, 3.8) is 0 Å². The third kappa shape index (κ3) is 3.33. The average Bonchev–Trinajstić information content (AvgIpc) is 3.57. The maximum Gasteiger partial charge on any atom is 0.259 e. The van der Waals surface area contributed by atoms with Gasteiger partial charge in [0.25, 0.3) is 11.8 Å². The fourth-order valence-corrected chi connectivity index (χ4v) is 6.16. The highest BCUT2D eigenvalue weighted by Crippen LogP contribution is 2.39. The number of para-hydroxylation sites is 1. The predicted octanol–water partition coefficient (Wildman–Crippen LogP) is 3.11. The fourth-order valence-electron chi connectivity index (χ4n) is 5.28. The number of thiophene rings is 1. The monoisotopic (exact) mass is 460 g/mol. The Kier molecular flexibility index (Phi) is 4.94. The highest BCUT2D eigenvalue weighted by molar-refractivity contribution is 7.17. The first-order valence-corrected chi connectivity index (χ1v) is 12.1. The van der Waals surface area contributed by atoms with E-state index in [1.807, 2.05) is 42.0 Å². The van der Waals surface area contributed by atoms with Gasteiger partial charge in [0.2, 0.25) is 0 Å². The van der Waals surface area contributed by atoms with E-state index in [2.05, 4.69) is 26.3 Å². The summed E-state index contributed by atoms with van der Waals surface area (Å²) in [5.74, 6) is -0.286. The molecular formula is C25H24N4O3S. The highest BCUT2D eigenvalue weighted by Gasteiger charge is 2.35. The van der Waals surface area contributed by atoms with Gasteiger partial charge in [0.05, 0.1) is 28.0 Å². The molecule has 2 aliphatic heterocycles. The summed E-state index contributed by atoms with van der Waals surface area (Å²) < 4.78 is 3.18. The van der Waals surface area contributed by atoms with Crippen molar-refractivity contribution in [3.05, 3.63) is 59.2 Å². The fraction of sp³-hybridized carbons (Fsp3) is 0.280. The molecule has 33 heavy (non-hydrogen) atoms. The molecule has 1 fully saturated rings. The van der Waals surface area contributed by atoms with Crippen LogP contribution in [0, 0.1) is 5.92 Å². The lowest BCUT2D eigenvalue weighted by atomic mass is 9.92. The van der Waals surface area contributed by atoms with Crippen molar-refractivity contribution in [1.82, 2.24) is 20.2 Å². The predicted molar refractivity (Wildman–Crippen MR) is 130 cm³/mol. The molecule has 0 bridgehead atoms. The van der Waals surface area contributed by atoms with Crippen LogP contribution in [0.3, 0.4) is 0 Å². The van der Waals surface area contributed by atoms with Crippen LogP contribution in [-0.4, -0.2) is 45.7 Å². The third-order valence-corrected chi connectivity index (χ3v) is 7.77. The smallest absolute Gasteiger partial charge is 0.259 e. The van der Waals surface area contributed by atoms with E-state index < -0.39 is 0 Å². The van der Waals surface area contributed by atoms with Gasteiger partial charge in [-0.3, -0.25) is 14.9 Å². The van der Waals surface area contributed by atoms with Gasteiger partial charge in [-0.15, -0.1) is 11.3 Å². The van der Waals surface area contributed by atoms with Crippen LogP contribution in [0.1, 0.15) is 24.0 Å². The first kappa shape index (κ1) is 20.4. The maximum absolute atomic E-state index is 13.0. The average molecular weight is 461 g/mol. The number of hydrogen-bond acceptors (Lipinski definition) is 5. The van der Waals surface area contributed by atoms with E-state index in [4.69, 9.17) is 0 Å². The third-order valence-electron chi connectivity index (χ3n) is 6.82. The minimum absolute atomic E-state index is 0.124. The Balaban J connectivity index is 1.49. The van der Waals surface area contributed by atoms with E-state index in [0.717, 1.165) is 58.2 Å². The summed E-state index contributed by atoms with van der Waals surface area (Å²) in [6, 6.07) is 10.1. The number of hydrogen-bond donors (Lipinski definition) is 4. The first-order chi connectivity index (χ1) is 16.1. The van der Waals surface area contributed by atoms with Crippen LogP contribution in [0.25, 0.3) is 32.3 Å². The number of nitrogens with zero attached hydrogens (tertiary/aromatic N) is 1. The number of aliphatic hydroxyl groups excluding tert-OH is 1. The molecule has 0 aliphatic carbocycles. The summed E-state index contributed by atoms with van der Waals surface area (Å²) in [5, 5.41) is 18.4. The zero-order valence-electron chi connectivity index (χ0n) is 17.9. The van der Waals surface area contributed by atoms with Gasteiger partial charge in [0.1, 0.15) is 0 Å². The van der Waals surface area contributed by atoms with E-state index in [9.17, 15) is 14.7 Å². The Labute approximate surface area is 194 Å². The van der Waals surface area contributed by atoms with Crippen molar-refractivity contribution in [3.8, 4) is 0 Å². The molecule has 0 saturated carbocycles. The largest absolute Gasteiger partial charge is 0.395 e. The van der Waals surface area contributed by atoms with E-state index in [-0.39, 0.29) is 24.5 Å². The highest BCUT2D eigenvalue weighted by atomic mass is 32.1. The molecule has 0 spiro atoms. The summed E-state index contributed by atoms with van der Waals surface area (Å²) in [7, 11) is 0. The van der Waals surface area contributed by atoms with Crippen LogP contribution in [0.15, 0.2) is 48.1 Å². The Morgan fingerprint density at radius 3 is 2.76 bits per heavy atom. The molecule has 4 N–H and O–H groups in total. The number of benzene rings is 1. The molecular weight excluding hydrogens is 436 g/mol. The number of amides is 2. The molecule has 1 saturated heterocycles. The van der Waals surface area contributed by atoms with Gasteiger partial charge in [0, 0.05) is 47.0 Å². The van der Waals surface area contributed by atoms with Gasteiger partial charge in [-0.2, -0.15) is 0 Å². The normalized spacial score (nSPS) is 21.5. The lowest BCUT2D eigenvalue weighted by Gasteiger charge is -2.29. The molecule has 3 aromatic heterocycles. The van der Waals surface area contributed by atoms with Crippen LogP contribution in [0.4, 0.5) is 0 Å². The van der Waals surface area contributed by atoms with Crippen LogP contribution in [0.2, 0.25) is 0 Å². The second-order valence-electron chi connectivity index (χ2n) is 8.84. The van der Waals surface area contributed by atoms with Crippen molar-refractivity contribution >= 4 is 55.4 Å². The number of fused-ring (bicyclic) bond motifs is 2. The number of aromatic amines is 1. The van der Waals surface area contributed by atoms with E-state index in [1.165, 1.54) is 0 Å². The molecule has 0 radical (unpaired) electrons. The van der Waals surface area contributed by atoms with Crippen molar-refractivity contribution in [2.75, 3.05) is 13.2 Å². The van der Waals surface area contributed by atoms with Crippen molar-refractivity contribution in [1.29, 1.82) is 0 Å². The number of carbonyl (C=O) groups is 2. The number of carbonyl (C=O) groups excluding carboxylic acids is 2. The number of rotatable bonds is 5. The van der Waals surface area contributed by atoms with E-state index in [0.29, 0.717) is 17.1 Å². The standard InChI is InChI=1S/C25H24N4O3S/c30-13-15-9-14(5-7-26-15)11-29-12-18(16-3-1-2-4-20(16)29)22-21(24(31)28-25(22)32)17-10-27-19-6-8-33-23(17)19/h1-4,6,8,10,12,14-15,26-27,30H,5,7,9,11,13H2,(H,28,31,32). The van der Waals surface area contributed by atoms with Gasteiger partial charge >= 0.3 is 0 Å². The lowest BCUT2D eigenvalue weighted by Crippen LogP contribution is -2.41. The van der Waals surface area contributed by atoms with Crippen LogP contribution in [-0.2, 0) is 16.1 Å². The van der Waals surface area contributed by atoms with Gasteiger partial charge in [-0.1, -0.05) is 18.2 Å². The molecule has 6 rings (SSSR count). The molecule has 1 aromatic carbocycles.